The third kappa shape index (κ3) is 4.71. The zero-order valence-corrected chi connectivity index (χ0v) is 14.9. The van der Waals surface area contributed by atoms with E-state index in [1.54, 1.807) is 24.3 Å². The van der Waals surface area contributed by atoms with E-state index in [1.807, 2.05) is 0 Å². The van der Waals surface area contributed by atoms with E-state index in [0.29, 0.717) is 28.8 Å². The Bertz CT molecular complexity index is 1130. The fraction of sp³-hybridized carbons (Fsp3) is 0.167. The lowest BCUT2D eigenvalue weighted by atomic mass is 10.1. The predicted octanol–water partition coefficient (Wildman–Crippen LogP) is 3.48. The number of hydrogen-bond donors (Lipinski definition) is 1. The molecule has 30 heavy (non-hydrogen) atoms. The van der Waals surface area contributed by atoms with E-state index in [2.05, 4.69) is 10.5 Å². The summed E-state index contributed by atoms with van der Waals surface area (Å²) < 4.78 is 48.0. The van der Waals surface area contributed by atoms with Crippen molar-refractivity contribution < 1.29 is 36.9 Å². The number of esters is 1. The average molecular weight is 423 g/mol. The highest BCUT2D eigenvalue weighted by Gasteiger charge is 2.33. The van der Waals surface area contributed by atoms with Gasteiger partial charge in [-0.25, -0.2) is 0 Å². The second-order valence-electron chi connectivity index (χ2n) is 6.00. The zero-order valence-electron chi connectivity index (χ0n) is 14.9. The Morgan fingerprint density at radius 1 is 1.20 bits per heavy atom. The number of fused-ring (bicyclic) bond motifs is 1. The van der Waals surface area contributed by atoms with Crippen LogP contribution in [0.3, 0.4) is 0 Å². The summed E-state index contributed by atoms with van der Waals surface area (Å²) in [6.07, 6.45) is -5.07. The molecule has 0 atom stereocenters. The van der Waals surface area contributed by atoms with Crippen LogP contribution in [0, 0.1) is 10.1 Å². The van der Waals surface area contributed by atoms with E-state index in [4.69, 9.17) is 9.26 Å². The van der Waals surface area contributed by atoms with Crippen molar-refractivity contribution in [2.24, 2.45) is 0 Å². The van der Waals surface area contributed by atoms with Crippen LogP contribution in [0.15, 0.2) is 47.0 Å². The number of ether oxygens (including phenoxy) is 1. The Morgan fingerprint density at radius 2 is 1.93 bits per heavy atom. The van der Waals surface area contributed by atoms with Gasteiger partial charge in [-0.05, 0) is 24.3 Å². The van der Waals surface area contributed by atoms with Crippen molar-refractivity contribution in [3.05, 3.63) is 63.8 Å². The topological polar surface area (TPSA) is 125 Å². The molecular weight excluding hydrogens is 411 g/mol. The molecule has 0 bridgehead atoms. The average Bonchev–Trinajstić information content (AvgIpc) is 3.08. The maximum atomic E-state index is 12.7. The molecule has 3 aromatic rings. The third-order valence-corrected chi connectivity index (χ3v) is 3.92. The van der Waals surface area contributed by atoms with Crippen LogP contribution in [0.5, 0.6) is 0 Å². The van der Waals surface area contributed by atoms with E-state index in [1.165, 1.54) is 0 Å². The molecule has 0 aliphatic carbocycles. The summed E-state index contributed by atoms with van der Waals surface area (Å²) in [6.45, 7) is -0.799. The standard InChI is InChI=1S/C18H12F3N3O6/c19-18(20,21)10-5-6-12(14(7-10)24(27)28)22-16(25)9-29-17(26)8-13-11-3-1-2-4-15(11)30-23-13/h1-7H,8-9H2,(H,22,25). The van der Waals surface area contributed by atoms with Gasteiger partial charge in [0.05, 0.1) is 16.9 Å². The molecular formula is C18H12F3N3O6. The molecule has 0 radical (unpaired) electrons. The van der Waals surface area contributed by atoms with Gasteiger partial charge in [-0.3, -0.25) is 19.7 Å². The van der Waals surface area contributed by atoms with Crippen LogP contribution in [0.2, 0.25) is 0 Å². The number of nitrogens with one attached hydrogen (secondary N) is 1. The first-order valence-electron chi connectivity index (χ1n) is 8.29. The summed E-state index contributed by atoms with van der Waals surface area (Å²) in [5.74, 6) is -1.78. The predicted molar refractivity (Wildman–Crippen MR) is 95.4 cm³/mol. The summed E-state index contributed by atoms with van der Waals surface area (Å²) >= 11 is 0. The number of nitro benzene ring substituents is 1. The SMILES string of the molecule is O=C(COC(=O)Cc1noc2ccccc12)Nc1ccc(C(F)(F)F)cc1[N+](=O)[O-]. The number of alkyl halides is 3. The van der Waals surface area contributed by atoms with Crippen molar-refractivity contribution in [3.8, 4) is 0 Å². The van der Waals surface area contributed by atoms with E-state index in [9.17, 15) is 32.9 Å². The molecule has 3 rings (SSSR count). The lowest BCUT2D eigenvalue weighted by Gasteiger charge is -2.10. The minimum atomic E-state index is -4.78. The highest BCUT2D eigenvalue weighted by Crippen LogP contribution is 2.34. The number of nitrogens with zero attached hydrogens (tertiary/aromatic N) is 2. The zero-order chi connectivity index (χ0) is 21.9. The largest absolute Gasteiger partial charge is 0.455 e. The molecule has 12 heteroatoms. The lowest BCUT2D eigenvalue weighted by molar-refractivity contribution is -0.384. The van der Waals surface area contributed by atoms with Crippen LogP contribution in [0.1, 0.15) is 11.3 Å². The van der Waals surface area contributed by atoms with E-state index in [-0.39, 0.29) is 6.42 Å². The smallest absolute Gasteiger partial charge is 0.416 e. The van der Waals surface area contributed by atoms with Crippen LogP contribution in [0.4, 0.5) is 24.5 Å². The van der Waals surface area contributed by atoms with Crippen molar-refractivity contribution in [1.82, 2.24) is 5.16 Å². The molecule has 1 amide bonds. The first kappa shape index (κ1) is 20.8. The normalized spacial score (nSPS) is 11.3. The van der Waals surface area contributed by atoms with Crippen LogP contribution in [-0.2, 0) is 26.9 Å². The molecule has 0 saturated carbocycles. The monoisotopic (exact) mass is 423 g/mol. The Kier molecular flexibility index (Phi) is 5.67. The molecule has 0 fully saturated rings. The molecule has 0 aliphatic rings. The first-order chi connectivity index (χ1) is 14.1. The number of amides is 1. The second-order valence-corrected chi connectivity index (χ2v) is 6.00. The Morgan fingerprint density at radius 3 is 2.63 bits per heavy atom. The van der Waals surface area contributed by atoms with Crippen molar-refractivity contribution >= 4 is 34.2 Å². The Hall–Kier alpha value is -3.96. The second kappa shape index (κ2) is 8.19. The first-order valence-corrected chi connectivity index (χ1v) is 8.29. The number of nitro groups is 1. The van der Waals surface area contributed by atoms with E-state index < -0.39 is 46.5 Å². The fourth-order valence-corrected chi connectivity index (χ4v) is 2.55. The number of anilines is 1. The number of rotatable bonds is 6. The van der Waals surface area contributed by atoms with Gasteiger partial charge in [0, 0.05) is 11.5 Å². The molecule has 9 nitrogen and oxygen atoms in total. The highest BCUT2D eigenvalue weighted by atomic mass is 19.4. The van der Waals surface area contributed by atoms with Gasteiger partial charge in [0.25, 0.3) is 11.6 Å². The molecule has 1 aromatic heterocycles. The fourth-order valence-electron chi connectivity index (χ4n) is 2.55. The van der Waals surface area contributed by atoms with Crippen LogP contribution < -0.4 is 5.32 Å². The third-order valence-electron chi connectivity index (χ3n) is 3.92. The van der Waals surface area contributed by atoms with Crippen molar-refractivity contribution in [1.29, 1.82) is 0 Å². The van der Waals surface area contributed by atoms with Crippen molar-refractivity contribution in [3.63, 3.8) is 0 Å². The summed E-state index contributed by atoms with van der Waals surface area (Å²) in [4.78, 5) is 33.8. The molecule has 0 unspecified atom stereocenters. The molecule has 0 spiro atoms. The summed E-state index contributed by atoms with van der Waals surface area (Å²) in [5, 5.41) is 17.4. The van der Waals surface area contributed by atoms with Crippen LogP contribution in [0.25, 0.3) is 11.0 Å². The number of hydrogen-bond acceptors (Lipinski definition) is 7. The molecule has 2 aromatic carbocycles. The molecule has 156 valence electrons. The van der Waals surface area contributed by atoms with Gasteiger partial charge < -0.3 is 14.6 Å². The molecule has 0 aliphatic heterocycles. The van der Waals surface area contributed by atoms with Crippen molar-refractivity contribution in [2.75, 3.05) is 11.9 Å². The van der Waals surface area contributed by atoms with Gasteiger partial charge in [-0.1, -0.05) is 17.3 Å². The number of para-hydroxylation sites is 1. The number of carbonyl (C=O) groups is 2. The highest BCUT2D eigenvalue weighted by molar-refractivity contribution is 5.95. The minimum Gasteiger partial charge on any atom is -0.455 e. The molecule has 1 N–H and O–H groups in total. The van der Waals surface area contributed by atoms with Gasteiger partial charge in [0.15, 0.2) is 12.2 Å². The quantitative estimate of drug-likeness (QED) is 0.366. The van der Waals surface area contributed by atoms with Crippen molar-refractivity contribution in [2.45, 2.75) is 12.6 Å². The van der Waals surface area contributed by atoms with Crippen LogP contribution >= 0.6 is 0 Å². The number of benzene rings is 2. The maximum Gasteiger partial charge on any atom is 0.416 e. The minimum absolute atomic E-state index is 0.287. The Balaban J connectivity index is 1.61. The van der Waals surface area contributed by atoms with Gasteiger partial charge in [-0.2, -0.15) is 13.2 Å². The number of aromatic nitrogens is 1. The summed E-state index contributed by atoms with van der Waals surface area (Å²) in [7, 11) is 0. The lowest BCUT2D eigenvalue weighted by Crippen LogP contribution is -2.22. The van der Waals surface area contributed by atoms with E-state index in [0.717, 1.165) is 6.07 Å². The maximum absolute atomic E-state index is 12.7. The summed E-state index contributed by atoms with van der Waals surface area (Å²) in [6, 6.07) is 8.43. The van der Waals surface area contributed by atoms with E-state index >= 15 is 0 Å². The number of carbonyl (C=O) groups excluding carboxylic acids is 2. The number of halogens is 3. The molecule has 0 saturated heterocycles. The Labute approximate surface area is 165 Å². The summed E-state index contributed by atoms with van der Waals surface area (Å²) in [5.41, 5.74) is -1.88. The van der Waals surface area contributed by atoms with Gasteiger partial charge in [0.1, 0.15) is 11.4 Å². The van der Waals surface area contributed by atoms with Gasteiger partial charge >= 0.3 is 12.1 Å². The van der Waals surface area contributed by atoms with Gasteiger partial charge in [0.2, 0.25) is 0 Å². The molecule has 1 heterocycles. The van der Waals surface area contributed by atoms with Crippen LogP contribution in [-0.4, -0.2) is 28.6 Å². The van der Waals surface area contributed by atoms with Gasteiger partial charge in [-0.15, -0.1) is 0 Å².